The Kier molecular flexibility index (Phi) is 7.66. The van der Waals surface area contributed by atoms with Gasteiger partial charge in [-0.2, -0.15) is 0 Å². The van der Waals surface area contributed by atoms with E-state index >= 15 is 0 Å². The van der Waals surface area contributed by atoms with Crippen LogP contribution < -0.4 is 15.9 Å². The van der Waals surface area contributed by atoms with Crippen LogP contribution in [0, 0.1) is 17.3 Å². The molecule has 0 saturated heterocycles. The summed E-state index contributed by atoms with van der Waals surface area (Å²) in [5.74, 6) is 0.993. The van der Waals surface area contributed by atoms with Gasteiger partial charge < -0.3 is 9.88 Å². The van der Waals surface area contributed by atoms with Crippen LogP contribution in [-0.4, -0.2) is 21.3 Å². The lowest BCUT2D eigenvalue weighted by Gasteiger charge is -2.43. The zero-order valence-electron chi connectivity index (χ0n) is 31.6. The fourth-order valence-corrected chi connectivity index (χ4v) is 11.9. The number of likely N-dealkylation sites (N-methyl/N-ethyl adjacent to an activating group) is 1. The van der Waals surface area contributed by atoms with Crippen LogP contribution in [0.15, 0.2) is 143 Å². The molecule has 0 amide bonds. The Morgan fingerprint density at radius 3 is 2.51 bits per heavy atom. The van der Waals surface area contributed by atoms with Crippen LogP contribution in [-0.2, 0) is 6.42 Å². The second kappa shape index (κ2) is 12.3. The molecule has 1 aromatic heterocycles. The molecule has 0 bridgehead atoms. The Morgan fingerprint density at radius 2 is 1.70 bits per heavy atom. The maximum absolute atomic E-state index is 4.22. The highest BCUT2D eigenvalue weighted by molar-refractivity contribution is 8.05. The quantitative estimate of drug-likeness (QED) is 0.291. The molecule has 5 aliphatic carbocycles. The molecule has 2 aromatic carbocycles. The molecule has 2 aliphatic heterocycles. The molecule has 266 valence electrons. The molecule has 0 fully saturated rings. The molecule has 3 aromatic rings. The third kappa shape index (κ3) is 5.12. The van der Waals surface area contributed by atoms with E-state index in [1.165, 1.54) is 65.8 Å². The van der Waals surface area contributed by atoms with Gasteiger partial charge in [0.05, 0.1) is 6.04 Å². The molecule has 53 heavy (non-hydrogen) atoms. The summed E-state index contributed by atoms with van der Waals surface area (Å²) in [5, 5.41) is 7.02. The van der Waals surface area contributed by atoms with Crippen molar-refractivity contribution in [1.29, 1.82) is 0 Å². The maximum Gasteiger partial charge on any atom is 0.162 e. The Labute approximate surface area is 319 Å². The lowest BCUT2D eigenvalue weighted by Crippen LogP contribution is -2.51. The van der Waals surface area contributed by atoms with E-state index in [0.29, 0.717) is 11.8 Å². The molecular formula is C49H49N3S. The van der Waals surface area contributed by atoms with Crippen LogP contribution in [0.5, 0.6) is 0 Å². The molecule has 4 heteroatoms. The van der Waals surface area contributed by atoms with Gasteiger partial charge in [0.25, 0.3) is 0 Å². The highest BCUT2D eigenvalue weighted by Gasteiger charge is 2.45. The summed E-state index contributed by atoms with van der Waals surface area (Å²) < 4.78 is 2.71. The second-order valence-corrected chi connectivity index (χ2v) is 18.3. The SMILES string of the molecule is CC1Cc2c(n(C3NC(C4=CC=C5C6=C(C=CCC6C)SC5(C)C4)=CC(c4ccccc4)N3C)c3c2=C2C=CC=CC2(C)CC=3)C=C1c1ccccc1. The fraction of sp³-hybridized carbons (Fsp3) is 0.306. The molecule has 10 rings (SSSR count). The summed E-state index contributed by atoms with van der Waals surface area (Å²) in [6.45, 7) is 9.71. The summed E-state index contributed by atoms with van der Waals surface area (Å²) in [5.41, 5.74) is 14.1. The van der Waals surface area contributed by atoms with Gasteiger partial charge in [-0.3, -0.25) is 4.90 Å². The summed E-state index contributed by atoms with van der Waals surface area (Å²) in [6.07, 6.45) is 30.6. The number of fused-ring (bicyclic) bond motifs is 6. The van der Waals surface area contributed by atoms with Gasteiger partial charge in [-0.15, -0.1) is 11.8 Å². The van der Waals surface area contributed by atoms with E-state index in [0.717, 1.165) is 25.7 Å². The zero-order chi connectivity index (χ0) is 36.1. The maximum atomic E-state index is 4.22. The van der Waals surface area contributed by atoms with E-state index in [-0.39, 0.29) is 22.5 Å². The number of allylic oxidation sites excluding steroid dienone is 11. The van der Waals surface area contributed by atoms with Crippen LogP contribution in [0.4, 0.5) is 0 Å². The Morgan fingerprint density at radius 1 is 0.906 bits per heavy atom. The summed E-state index contributed by atoms with van der Waals surface area (Å²) in [4.78, 5) is 4.03. The predicted molar refractivity (Wildman–Crippen MR) is 224 cm³/mol. The standard InChI is InChI=1S/C49H49N3S/c1-31-15-14-21-44-45(31)39-23-22-35(30-49(39,4)53-44)40-29-42(34-18-10-7-11-19-34)51(5)47(50-40)52-41-24-26-48(3)25-13-12-20-38(48)46(41)37-27-32(2)36(28-43(37)52)33-16-8-6-9-17-33/h6-14,16-25,28-29,31-32,42,47,50H,15,26-27,30H2,1-5H3. The summed E-state index contributed by atoms with van der Waals surface area (Å²) >= 11 is 2.08. The number of hydrogen-bond acceptors (Lipinski definition) is 3. The van der Waals surface area contributed by atoms with Crippen molar-refractivity contribution in [3.63, 3.8) is 0 Å². The molecule has 6 unspecified atom stereocenters. The van der Waals surface area contributed by atoms with Gasteiger partial charge >= 0.3 is 0 Å². The van der Waals surface area contributed by atoms with Crippen molar-refractivity contribution in [3.05, 3.63) is 176 Å². The average Bonchev–Trinajstić information content (AvgIpc) is 3.66. The molecule has 0 spiro atoms. The van der Waals surface area contributed by atoms with Crippen molar-refractivity contribution < 1.29 is 0 Å². The van der Waals surface area contributed by atoms with Gasteiger partial charge in [-0.25, -0.2) is 0 Å². The number of hydrogen-bond donors (Lipinski definition) is 1. The van der Waals surface area contributed by atoms with E-state index in [1.54, 1.807) is 5.57 Å². The van der Waals surface area contributed by atoms with Crippen LogP contribution in [0.25, 0.3) is 23.3 Å². The smallest absolute Gasteiger partial charge is 0.162 e. The number of nitrogens with zero attached hydrogens (tertiary/aromatic N) is 2. The minimum atomic E-state index is -0.0895. The lowest BCUT2D eigenvalue weighted by atomic mass is 9.72. The monoisotopic (exact) mass is 711 g/mol. The third-order valence-electron chi connectivity index (χ3n) is 13.1. The zero-order valence-corrected chi connectivity index (χ0v) is 32.4. The molecular weight excluding hydrogens is 663 g/mol. The second-order valence-electron chi connectivity index (χ2n) is 16.7. The first-order valence-electron chi connectivity index (χ1n) is 19.6. The van der Waals surface area contributed by atoms with Gasteiger partial charge in [0.15, 0.2) is 6.29 Å². The van der Waals surface area contributed by atoms with Crippen molar-refractivity contribution in [2.75, 3.05) is 7.05 Å². The largest absolute Gasteiger partial charge is 0.352 e. The number of thioether (sulfide) groups is 1. The number of aromatic nitrogens is 1. The molecule has 0 radical (unpaired) electrons. The molecule has 6 atom stereocenters. The highest BCUT2D eigenvalue weighted by atomic mass is 32.2. The van der Waals surface area contributed by atoms with Gasteiger partial charge in [0, 0.05) is 37.0 Å². The van der Waals surface area contributed by atoms with E-state index in [9.17, 15) is 0 Å². The molecule has 0 saturated carbocycles. The number of nitrogens with one attached hydrogen (secondary N) is 1. The summed E-state index contributed by atoms with van der Waals surface area (Å²) in [6, 6.07) is 22.3. The van der Waals surface area contributed by atoms with Crippen molar-refractivity contribution in [2.45, 2.75) is 70.5 Å². The van der Waals surface area contributed by atoms with Crippen molar-refractivity contribution >= 4 is 35.1 Å². The lowest BCUT2D eigenvalue weighted by molar-refractivity contribution is 0.103. The average molecular weight is 712 g/mol. The first-order chi connectivity index (χ1) is 25.7. The third-order valence-corrected chi connectivity index (χ3v) is 14.5. The Balaban J connectivity index is 1.17. The molecule has 7 aliphatic rings. The van der Waals surface area contributed by atoms with Gasteiger partial charge in [-0.05, 0) is 108 Å². The van der Waals surface area contributed by atoms with Crippen molar-refractivity contribution in [2.24, 2.45) is 17.3 Å². The topological polar surface area (TPSA) is 20.2 Å². The minimum Gasteiger partial charge on any atom is -0.352 e. The van der Waals surface area contributed by atoms with Crippen LogP contribution in [0.3, 0.4) is 0 Å². The van der Waals surface area contributed by atoms with E-state index in [4.69, 9.17) is 0 Å². The van der Waals surface area contributed by atoms with Gasteiger partial charge in [0.1, 0.15) is 0 Å². The first kappa shape index (κ1) is 33.1. The normalized spacial score (nSPS) is 31.2. The van der Waals surface area contributed by atoms with Crippen LogP contribution in [0.2, 0.25) is 0 Å². The van der Waals surface area contributed by atoms with E-state index < -0.39 is 0 Å². The molecule has 1 N–H and O–H groups in total. The molecule has 3 nitrogen and oxygen atoms in total. The van der Waals surface area contributed by atoms with E-state index in [1.807, 2.05) is 0 Å². The summed E-state index contributed by atoms with van der Waals surface area (Å²) in [7, 11) is 2.31. The fourth-order valence-electron chi connectivity index (χ4n) is 10.3. The minimum absolute atomic E-state index is 0.00310. The predicted octanol–water partition coefficient (Wildman–Crippen LogP) is 9.92. The van der Waals surface area contributed by atoms with E-state index in [2.05, 4.69) is 189 Å². The van der Waals surface area contributed by atoms with Crippen molar-refractivity contribution in [1.82, 2.24) is 14.8 Å². The van der Waals surface area contributed by atoms with Gasteiger partial charge in [-0.1, -0.05) is 136 Å². The Hall–Kier alpha value is -4.51. The highest BCUT2D eigenvalue weighted by Crippen LogP contribution is 2.58. The molecule has 3 heterocycles. The van der Waals surface area contributed by atoms with Crippen molar-refractivity contribution in [3.8, 4) is 0 Å². The van der Waals surface area contributed by atoms with Crippen LogP contribution in [0.1, 0.15) is 81.7 Å². The Bertz CT molecular complexity index is 2430. The number of benzene rings is 2. The van der Waals surface area contributed by atoms with Gasteiger partial charge in [0.2, 0.25) is 0 Å². The number of rotatable bonds is 4. The first-order valence-corrected chi connectivity index (χ1v) is 20.4. The van der Waals surface area contributed by atoms with Crippen LogP contribution >= 0.6 is 11.8 Å².